The molecule has 0 saturated carbocycles. The topological polar surface area (TPSA) is 74.2 Å². The fourth-order valence-electron chi connectivity index (χ4n) is 4.23. The lowest BCUT2D eigenvalue weighted by Gasteiger charge is -2.35. The molecule has 0 aromatic carbocycles. The van der Waals surface area contributed by atoms with Crippen molar-refractivity contribution in [1.29, 1.82) is 0 Å². The molecule has 7 nitrogen and oxygen atoms in total. The number of nitrogens with zero attached hydrogens (tertiary/aromatic N) is 5. The summed E-state index contributed by atoms with van der Waals surface area (Å²) in [6.07, 6.45) is 3.94. The van der Waals surface area contributed by atoms with Crippen LogP contribution in [0.5, 0.6) is 0 Å². The van der Waals surface area contributed by atoms with Gasteiger partial charge in [-0.1, -0.05) is 0 Å². The van der Waals surface area contributed by atoms with Gasteiger partial charge >= 0.3 is 0 Å². The zero-order chi connectivity index (χ0) is 19.8. The summed E-state index contributed by atoms with van der Waals surface area (Å²) in [6, 6.07) is -0.0693. The van der Waals surface area contributed by atoms with E-state index in [1.54, 1.807) is 0 Å². The monoisotopic (exact) mass is 400 g/mol. The summed E-state index contributed by atoms with van der Waals surface area (Å²) >= 11 is 1.48. The summed E-state index contributed by atoms with van der Waals surface area (Å²) in [5.74, 6) is 1.74. The van der Waals surface area contributed by atoms with Crippen LogP contribution in [0.1, 0.15) is 62.8 Å². The van der Waals surface area contributed by atoms with Gasteiger partial charge in [-0.15, -0.1) is 11.3 Å². The summed E-state index contributed by atoms with van der Waals surface area (Å²) in [5, 5.41) is 4.19. The number of thiazole rings is 1. The molecule has 4 rings (SSSR count). The fourth-order valence-corrected chi connectivity index (χ4v) is 5.10. The second-order valence-electron chi connectivity index (χ2n) is 7.75. The van der Waals surface area contributed by atoms with Crippen molar-refractivity contribution in [3.8, 4) is 0 Å². The Morgan fingerprint density at radius 1 is 1.18 bits per heavy atom. The molecule has 1 unspecified atom stereocenters. The predicted octanol–water partition coefficient (Wildman–Crippen LogP) is 2.95. The SMILES string of the molecule is CNc1nc(C2CCCCN2C(=O)c2sc(C)nc2C)nc2c1CN(C)CC2. The molecule has 2 aliphatic heterocycles. The van der Waals surface area contributed by atoms with Gasteiger partial charge in [-0.05, 0) is 40.2 Å². The van der Waals surface area contributed by atoms with Crippen LogP contribution in [-0.4, -0.2) is 57.8 Å². The molecule has 2 aliphatic rings. The molecule has 1 N–H and O–H groups in total. The van der Waals surface area contributed by atoms with Crippen molar-refractivity contribution in [2.24, 2.45) is 0 Å². The van der Waals surface area contributed by atoms with Crippen molar-refractivity contribution in [2.75, 3.05) is 32.5 Å². The number of anilines is 1. The number of carbonyl (C=O) groups is 1. The van der Waals surface area contributed by atoms with E-state index in [0.29, 0.717) is 0 Å². The van der Waals surface area contributed by atoms with Gasteiger partial charge in [0.15, 0.2) is 5.82 Å². The molecule has 0 bridgehead atoms. The lowest BCUT2D eigenvalue weighted by atomic mass is 9.99. The molecule has 150 valence electrons. The van der Waals surface area contributed by atoms with Crippen LogP contribution in [0.25, 0.3) is 0 Å². The Balaban J connectivity index is 1.70. The Bertz CT molecular complexity index is 878. The highest BCUT2D eigenvalue weighted by atomic mass is 32.1. The largest absolute Gasteiger partial charge is 0.373 e. The molecule has 1 fully saturated rings. The molecular formula is C20H28N6OS. The zero-order valence-electron chi connectivity index (χ0n) is 17.1. The number of piperidine rings is 1. The highest BCUT2D eigenvalue weighted by molar-refractivity contribution is 7.13. The van der Waals surface area contributed by atoms with Crippen molar-refractivity contribution in [3.05, 3.63) is 32.7 Å². The Morgan fingerprint density at radius 3 is 2.71 bits per heavy atom. The number of hydrogen-bond acceptors (Lipinski definition) is 7. The average molecular weight is 401 g/mol. The smallest absolute Gasteiger partial charge is 0.266 e. The first-order valence-electron chi connectivity index (χ1n) is 9.99. The fraction of sp³-hybridized carbons (Fsp3) is 0.600. The van der Waals surface area contributed by atoms with E-state index in [1.165, 1.54) is 16.9 Å². The second-order valence-corrected chi connectivity index (χ2v) is 8.95. The van der Waals surface area contributed by atoms with E-state index in [9.17, 15) is 4.79 Å². The number of aromatic nitrogens is 3. The number of aryl methyl sites for hydroxylation is 2. The molecule has 1 saturated heterocycles. The van der Waals surface area contributed by atoms with Gasteiger partial charge in [-0.25, -0.2) is 15.0 Å². The Hall–Kier alpha value is -2.06. The van der Waals surface area contributed by atoms with Gasteiger partial charge in [0.1, 0.15) is 10.7 Å². The summed E-state index contributed by atoms with van der Waals surface area (Å²) in [4.78, 5) is 32.6. The van der Waals surface area contributed by atoms with E-state index in [4.69, 9.17) is 9.97 Å². The van der Waals surface area contributed by atoms with Crippen LogP contribution < -0.4 is 5.32 Å². The maximum absolute atomic E-state index is 13.3. The van der Waals surface area contributed by atoms with Crippen LogP contribution in [0.3, 0.4) is 0 Å². The van der Waals surface area contributed by atoms with Crippen molar-refractivity contribution >= 4 is 23.1 Å². The van der Waals surface area contributed by atoms with Gasteiger partial charge in [0.25, 0.3) is 5.91 Å². The molecule has 2 aromatic heterocycles. The molecule has 0 radical (unpaired) electrons. The highest BCUT2D eigenvalue weighted by Crippen LogP contribution is 2.34. The van der Waals surface area contributed by atoms with E-state index in [0.717, 1.165) is 78.2 Å². The van der Waals surface area contributed by atoms with Gasteiger partial charge in [0, 0.05) is 38.7 Å². The molecule has 1 atom stereocenters. The average Bonchev–Trinajstić information content (AvgIpc) is 3.04. The van der Waals surface area contributed by atoms with E-state index in [-0.39, 0.29) is 11.9 Å². The minimum absolute atomic E-state index is 0.0693. The normalized spacial score (nSPS) is 20.1. The Morgan fingerprint density at radius 2 is 2.00 bits per heavy atom. The molecule has 28 heavy (non-hydrogen) atoms. The quantitative estimate of drug-likeness (QED) is 0.854. The van der Waals surface area contributed by atoms with E-state index >= 15 is 0 Å². The van der Waals surface area contributed by atoms with Crippen LogP contribution in [0, 0.1) is 13.8 Å². The summed E-state index contributed by atoms with van der Waals surface area (Å²) in [7, 11) is 4.03. The summed E-state index contributed by atoms with van der Waals surface area (Å²) in [6.45, 7) is 6.47. The minimum Gasteiger partial charge on any atom is -0.373 e. The lowest BCUT2D eigenvalue weighted by molar-refractivity contribution is 0.0603. The van der Waals surface area contributed by atoms with Crippen molar-refractivity contribution < 1.29 is 4.79 Å². The number of nitrogens with one attached hydrogen (secondary N) is 1. The Kier molecular flexibility index (Phi) is 5.33. The van der Waals surface area contributed by atoms with E-state index < -0.39 is 0 Å². The molecule has 2 aromatic rings. The molecular weight excluding hydrogens is 372 g/mol. The van der Waals surface area contributed by atoms with Gasteiger partial charge < -0.3 is 15.1 Å². The molecule has 4 heterocycles. The molecule has 1 amide bonds. The van der Waals surface area contributed by atoms with Gasteiger partial charge in [-0.2, -0.15) is 0 Å². The molecule has 0 aliphatic carbocycles. The number of hydrogen-bond donors (Lipinski definition) is 1. The van der Waals surface area contributed by atoms with E-state index in [2.05, 4.69) is 22.2 Å². The zero-order valence-corrected chi connectivity index (χ0v) is 17.9. The lowest BCUT2D eigenvalue weighted by Crippen LogP contribution is -2.40. The van der Waals surface area contributed by atoms with Crippen LogP contribution in [-0.2, 0) is 13.0 Å². The number of likely N-dealkylation sites (tertiary alicyclic amines) is 1. The van der Waals surface area contributed by atoms with Crippen LogP contribution in [0.15, 0.2) is 0 Å². The molecule has 0 spiro atoms. The second kappa shape index (κ2) is 7.75. The van der Waals surface area contributed by atoms with Crippen LogP contribution >= 0.6 is 11.3 Å². The Labute approximate surface area is 170 Å². The third-order valence-corrected chi connectivity index (χ3v) is 6.73. The number of carbonyl (C=O) groups excluding carboxylic acids is 1. The first kappa shape index (κ1) is 19.3. The summed E-state index contributed by atoms with van der Waals surface area (Å²) in [5.41, 5.74) is 3.12. The maximum Gasteiger partial charge on any atom is 0.266 e. The predicted molar refractivity (Wildman–Crippen MR) is 111 cm³/mol. The molecule has 8 heteroatoms. The van der Waals surface area contributed by atoms with E-state index in [1.807, 2.05) is 25.8 Å². The first-order chi connectivity index (χ1) is 13.5. The van der Waals surface area contributed by atoms with Crippen molar-refractivity contribution in [1.82, 2.24) is 24.8 Å². The minimum atomic E-state index is -0.0693. The van der Waals surface area contributed by atoms with Crippen LogP contribution in [0.4, 0.5) is 5.82 Å². The van der Waals surface area contributed by atoms with Gasteiger partial charge in [-0.3, -0.25) is 4.79 Å². The number of likely N-dealkylation sites (N-methyl/N-ethyl adjacent to an activating group) is 1. The van der Waals surface area contributed by atoms with Crippen molar-refractivity contribution in [2.45, 2.75) is 52.1 Å². The van der Waals surface area contributed by atoms with Gasteiger partial charge in [0.2, 0.25) is 0 Å². The highest BCUT2D eigenvalue weighted by Gasteiger charge is 2.33. The summed E-state index contributed by atoms with van der Waals surface area (Å²) < 4.78 is 0. The maximum atomic E-state index is 13.3. The first-order valence-corrected chi connectivity index (χ1v) is 10.8. The van der Waals surface area contributed by atoms with Crippen LogP contribution in [0.2, 0.25) is 0 Å². The van der Waals surface area contributed by atoms with Crippen molar-refractivity contribution in [3.63, 3.8) is 0 Å². The van der Waals surface area contributed by atoms with Gasteiger partial charge in [0.05, 0.1) is 22.4 Å². The third kappa shape index (κ3) is 3.51. The number of rotatable bonds is 3. The third-order valence-electron chi connectivity index (χ3n) is 5.66. The number of fused-ring (bicyclic) bond motifs is 1. The standard InChI is InChI=1S/C20H28N6OS/c1-12-17(28-13(2)22-12)20(27)26-9-6-5-7-16(26)19-23-15-8-10-25(4)11-14(15)18(21-3)24-19/h16H,5-11H2,1-4H3,(H,21,23,24). The number of amides is 1.